The van der Waals surface area contributed by atoms with Crippen LogP contribution in [0.25, 0.3) is 32.1 Å². The number of rotatable bonds is 8. The summed E-state index contributed by atoms with van der Waals surface area (Å²) in [5, 5.41) is 13.8. The summed E-state index contributed by atoms with van der Waals surface area (Å²) in [7, 11) is 1.61. The lowest BCUT2D eigenvalue weighted by Gasteiger charge is -2.12. The number of aliphatic carboxylic acids is 1. The number of ether oxygens (including phenoxy) is 1. The van der Waals surface area contributed by atoms with Crippen LogP contribution in [0.2, 0.25) is 0 Å². The number of nitrogens with zero attached hydrogens (tertiary/aromatic N) is 2. The Labute approximate surface area is 177 Å². The van der Waals surface area contributed by atoms with Crippen LogP contribution in [0.4, 0.5) is 0 Å². The summed E-state index contributed by atoms with van der Waals surface area (Å²) >= 11 is 1.45. The molecule has 2 aromatic heterocycles. The van der Waals surface area contributed by atoms with E-state index >= 15 is 0 Å². The zero-order valence-electron chi connectivity index (χ0n) is 16.6. The summed E-state index contributed by atoms with van der Waals surface area (Å²) in [5.41, 5.74) is 1.71. The first-order valence-electron chi connectivity index (χ1n) is 9.79. The minimum absolute atomic E-state index is 0.00929. The third-order valence-electron chi connectivity index (χ3n) is 5.14. The van der Waals surface area contributed by atoms with Gasteiger partial charge in [-0.25, -0.2) is 4.98 Å². The molecule has 0 bridgehead atoms. The summed E-state index contributed by atoms with van der Waals surface area (Å²) < 4.78 is 6.78. The lowest BCUT2D eigenvalue weighted by molar-refractivity contribution is -0.137. The van der Waals surface area contributed by atoms with E-state index in [1.807, 2.05) is 23.6 Å². The predicted molar refractivity (Wildman–Crippen MR) is 119 cm³/mol. The first kappa shape index (κ1) is 20.3. The van der Waals surface area contributed by atoms with Crippen LogP contribution in [0.3, 0.4) is 0 Å². The second-order valence-corrected chi connectivity index (χ2v) is 7.97. The average Bonchev–Trinajstić information content (AvgIpc) is 3.17. The number of carboxylic acid groups (broad SMARTS) is 1. The number of aromatic nitrogens is 2. The van der Waals surface area contributed by atoms with Gasteiger partial charge in [-0.15, -0.1) is 11.3 Å². The third kappa shape index (κ3) is 3.99. The number of thiophene rings is 1. The highest BCUT2D eigenvalue weighted by molar-refractivity contribution is 7.17. The number of hydrogen-bond acceptors (Lipinski definition) is 5. The molecule has 0 aliphatic heterocycles. The normalized spacial score (nSPS) is 11.4. The molecule has 0 saturated heterocycles. The van der Waals surface area contributed by atoms with Gasteiger partial charge in [0.25, 0.3) is 5.56 Å². The van der Waals surface area contributed by atoms with Crippen LogP contribution in [0, 0.1) is 0 Å². The summed E-state index contributed by atoms with van der Waals surface area (Å²) in [6.45, 7) is 0.764. The van der Waals surface area contributed by atoms with E-state index in [9.17, 15) is 9.59 Å². The maximum atomic E-state index is 13.4. The smallest absolute Gasteiger partial charge is 0.303 e. The monoisotopic (exact) mass is 422 g/mol. The molecule has 0 aliphatic carbocycles. The van der Waals surface area contributed by atoms with E-state index in [-0.39, 0.29) is 12.0 Å². The van der Waals surface area contributed by atoms with Gasteiger partial charge >= 0.3 is 5.97 Å². The maximum Gasteiger partial charge on any atom is 0.303 e. The Kier molecular flexibility index (Phi) is 5.92. The summed E-state index contributed by atoms with van der Waals surface area (Å²) in [6, 6.07) is 14.3. The van der Waals surface area contributed by atoms with Gasteiger partial charge in [-0.2, -0.15) is 0 Å². The number of hydrogen-bond donors (Lipinski definition) is 1. The quantitative estimate of drug-likeness (QED) is 0.457. The van der Waals surface area contributed by atoms with Crippen LogP contribution in [-0.2, 0) is 22.5 Å². The fraction of sp³-hybridized carbons (Fsp3) is 0.261. The summed E-state index contributed by atoms with van der Waals surface area (Å²) in [6.07, 6.45) is 0.880. The highest BCUT2D eigenvalue weighted by atomic mass is 32.1. The van der Waals surface area contributed by atoms with Gasteiger partial charge < -0.3 is 9.84 Å². The molecule has 2 heterocycles. The van der Waals surface area contributed by atoms with E-state index < -0.39 is 5.97 Å². The SMILES string of the molecule is COCCc1nc2scc(-c3ccc4ccccc4c3)c2c(=O)n1CCCC(=O)O. The maximum absolute atomic E-state index is 13.4. The fourth-order valence-electron chi connectivity index (χ4n) is 3.64. The molecule has 154 valence electrons. The van der Waals surface area contributed by atoms with Gasteiger partial charge in [-0.3, -0.25) is 14.2 Å². The van der Waals surface area contributed by atoms with Gasteiger partial charge in [0.15, 0.2) is 0 Å². The standard InChI is InChI=1S/C23H22N2O4S/c1-29-12-10-19-24-22-21(23(28)25(19)11-4-7-20(26)27)18(14-30-22)17-9-8-15-5-2-3-6-16(15)13-17/h2-3,5-6,8-9,13-14H,4,7,10-12H2,1H3,(H,26,27). The Morgan fingerprint density at radius 2 is 2.00 bits per heavy atom. The summed E-state index contributed by atoms with van der Waals surface area (Å²) in [5.74, 6) is -0.241. The van der Waals surface area contributed by atoms with E-state index in [0.29, 0.717) is 42.0 Å². The third-order valence-corrected chi connectivity index (χ3v) is 6.01. The molecule has 2 aromatic carbocycles. The molecule has 4 aromatic rings. The van der Waals surface area contributed by atoms with Crippen LogP contribution in [0.15, 0.2) is 52.6 Å². The molecule has 0 unspecified atom stereocenters. The molecule has 0 spiro atoms. The van der Waals surface area contributed by atoms with Gasteiger partial charge in [0.05, 0.1) is 12.0 Å². The highest BCUT2D eigenvalue weighted by Crippen LogP contribution is 2.33. The molecule has 7 heteroatoms. The molecule has 0 amide bonds. The van der Waals surface area contributed by atoms with Crippen molar-refractivity contribution in [2.24, 2.45) is 0 Å². The van der Waals surface area contributed by atoms with Crippen molar-refractivity contribution in [2.45, 2.75) is 25.8 Å². The highest BCUT2D eigenvalue weighted by Gasteiger charge is 2.17. The lowest BCUT2D eigenvalue weighted by Crippen LogP contribution is -2.26. The Morgan fingerprint density at radius 3 is 2.77 bits per heavy atom. The van der Waals surface area contributed by atoms with Gasteiger partial charge in [-0.05, 0) is 28.8 Å². The van der Waals surface area contributed by atoms with Crippen molar-refractivity contribution in [3.63, 3.8) is 0 Å². The number of benzene rings is 2. The fourth-order valence-corrected chi connectivity index (χ4v) is 4.60. The molecule has 30 heavy (non-hydrogen) atoms. The van der Waals surface area contributed by atoms with Crippen molar-refractivity contribution >= 4 is 38.3 Å². The Hall–Kier alpha value is -3.03. The molecule has 0 fully saturated rings. The van der Waals surface area contributed by atoms with Gasteiger partial charge in [-0.1, -0.05) is 36.4 Å². The first-order chi connectivity index (χ1) is 14.6. The molecule has 0 atom stereocenters. The van der Waals surface area contributed by atoms with Gasteiger partial charge in [0.2, 0.25) is 0 Å². The Balaban J connectivity index is 1.83. The van der Waals surface area contributed by atoms with E-state index in [1.54, 1.807) is 11.7 Å². The zero-order chi connectivity index (χ0) is 21.1. The second kappa shape index (κ2) is 8.77. The van der Waals surface area contributed by atoms with Gasteiger partial charge in [0.1, 0.15) is 10.7 Å². The predicted octanol–water partition coefficient (Wildman–Crippen LogP) is 4.33. The number of carboxylic acids is 1. The largest absolute Gasteiger partial charge is 0.481 e. The van der Waals surface area contributed by atoms with Crippen molar-refractivity contribution in [3.05, 3.63) is 64.0 Å². The van der Waals surface area contributed by atoms with Crippen molar-refractivity contribution in [2.75, 3.05) is 13.7 Å². The van der Waals surface area contributed by atoms with Crippen molar-refractivity contribution in [3.8, 4) is 11.1 Å². The van der Waals surface area contributed by atoms with Crippen LogP contribution >= 0.6 is 11.3 Å². The lowest BCUT2D eigenvalue weighted by atomic mass is 10.0. The molecule has 4 rings (SSSR count). The molecule has 0 aliphatic rings. The van der Waals surface area contributed by atoms with Crippen LogP contribution < -0.4 is 5.56 Å². The van der Waals surface area contributed by atoms with Crippen LogP contribution in [-0.4, -0.2) is 34.3 Å². The minimum Gasteiger partial charge on any atom is -0.481 e. The first-order valence-corrected chi connectivity index (χ1v) is 10.7. The number of carbonyl (C=O) groups is 1. The second-order valence-electron chi connectivity index (χ2n) is 7.12. The Morgan fingerprint density at radius 1 is 1.20 bits per heavy atom. The minimum atomic E-state index is -0.872. The molecule has 1 N–H and O–H groups in total. The van der Waals surface area contributed by atoms with Crippen LogP contribution in [0.5, 0.6) is 0 Å². The van der Waals surface area contributed by atoms with Crippen LogP contribution in [0.1, 0.15) is 18.7 Å². The van der Waals surface area contributed by atoms with E-state index in [1.165, 1.54) is 11.3 Å². The Bertz CT molecular complexity index is 1280. The number of methoxy groups -OCH3 is 1. The van der Waals surface area contributed by atoms with E-state index in [4.69, 9.17) is 14.8 Å². The topological polar surface area (TPSA) is 81.4 Å². The molecule has 0 saturated carbocycles. The molecule has 6 nitrogen and oxygen atoms in total. The van der Waals surface area contributed by atoms with Crippen molar-refractivity contribution in [1.82, 2.24) is 9.55 Å². The number of fused-ring (bicyclic) bond motifs is 2. The van der Waals surface area contributed by atoms with E-state index in [2.05, 4.69) is 24.3 Å². The summed E-state index contributed by atoms with van der Waals surface area (Å²) in [4.78, 5) is 29.8. The molecular formula is C23H22N2O4S. The van der Waals surface area contributed by atoms with Crippen molar-refractivity contribution in [1.29, 1.82) is 0 Å². The molecular weight excluding hydrogens is 400 g/mol. The average molecular weight is 423 g/mol. The zero-order valence-corrected chi connectivity index (χ0v) is 17.4. The van der Waals surface area contributed by atoms with Crippen molar-refractivity contribution < 1.29 is 14.6 Å². The van der Waals surface area contributed by atoms with Gasteiger partial charge in [0, 0.05) is 37.4 Å². The molecule has 0 radical (unpaired) electrons. The van der Waals surface area contributed by atoms with E-state index in [0.717, 1.165) is 21.9 Å².